The molecule has 0 aromatic carbocycles. The van der Waals surface area contributed by atoms with Gasteiger partial charge in [0.25, 0.3) is 0 Å². The Morgan fingerprint density at radius 3 is 2.53 bits per heavy atom. The van der Waals surface area contributed by atoms with E-state index in [1.807, 2.05) is 27.7 Å². The lowest BCUT2D eigenvalue weighted by Gasteiger charge is -2.27. The number of nitrogens with one attached hydrogen (secondary N) is 1. The first-order chi connectivity index (χ1) is 6.73. The van der Waals surface area contributed by atoms with Gasteiger partial charge in [0.05, 0.1) is 17.2 Å². The highest BCUT2D eigenvalue weighted by atomic mass is 16.7. The summed E-state index contributed by atoms with van der Waals surface area (Å²) in [5.74, 6) is -0.488. The highest BCUT2D eigenvalue weighted by Gasteiger charge is 2.46. The van der Waals surface area contributed by atoms with Crippen molar-refractivity contribution in [2.75, 3.05) is 6.61 Å². The Bertz CT molecular complexity index is 251. The second-order valence-corrected chi connectivity index (χ2v) is 5.09. The molecule has 1 fully saturated rings. The fourth-order valence-corrected chi connectivity index (χ4v) is 1.96. The Balaban J connectivity index is 2.45. The van der Waals surface area contributed by atoms with Crippen molar-refractivity contribution in [1.82, 2.24) is 5.48 Å². The molecule has 0 radical (unpaired) electrons. The predicted octanol–water partition coefficient (Wildman–Crippen LogP) is 0.339. The van der Waals surface area contributed by atoms with Crippen LogP contribution in [0.15, 0.2) is 0 Å². The van der Waals surface area contributed by atoms with Gasteiger partial charge in [-0.25, -0.2) is 0 Å². The fraction of sp³-hybridized carbons (Fsp3) is 0.900. The van der Waals surface area contributed by atoms with Gasteiger partial charge in [0, 0.05) is 0 Å². The van der Waals surface area contributed by atoms with Gasteiger partial charge in [-0.15, -0.1) is 0 Å². The summed E-state index contributed by atoms with van der Waals surface area (Å²) < 4.78 is 5.85. The van der Waals surface area contributed by atoms with E-state index < -0.39 is 5.91 Å². The molecule has 0 aromatic heterocycles. The summed E-state index contributed by atoms with van der Waals surface area (Å²) in [4.78, 5) is 15.5. The van der Waals surface area contributed by atoms with E-state index in [-0.39, 0.29) is 23.9 Å². The highest BCUT2D eigenvalue weighted by molar-refractivity contribution is 5.74. The number of carbonyl (C=O) groups is 1. The third-order valence-corrected chi connectivity index (χ3v) is 2.51. The molecule has 1 saturated heterocycles. The summed E-state index contributed by atoms with van der Waals surface area (Å²) >= 11 is 0. The van der Waals surface area contributed by atoms with Gasteiger partial charge in [0.1, 0.15) is 6.61 Å². The number of rotatable bonds is 4. The van der Waals surface area contributed by atoms with E-state index in [1.165, 1.54) is 0 Å². The van der Waals surface area contributed by atoms with Crippen molar-refractivity contribution in [3.8, 4) is 0 Å². The van der Waals surface area contributed by atoms with Gasteiger partial charge in [-0.05, 0) is 34.1 Å². The molecule has 1 heterocycles. The van der Waals surface area contributed by atoms with Gasteiger partial charge in [0.2, 0.25) is 5.91 Å². The molecule has 0 aromatic rings. The normalized spacial score (nSPS) is 27.9. The molecule has 0 aliphatic carbocycles. The summed E-state index contributed by atoms with van der Waals surface area (Å²) in [5, 5.41) is 0. The summed E-state index contributed by atoms with van der Waals surface area (Å²) in [6.07, 6.45) is 0.832. The van der Waals surface area contributed by atoms with Gasteiger partial charge in [-0.3, -0.25) is 9.63 Å². The molecule has 1 aliphatic rings. The molecule has 0 saturated carbocycles. The molecular weight excluding hydrogens is 196 g/mol. The van der Waals surface area contributed by atoms with Crippen molar-refractivity contribution in [2.45, 2.75) is 51.4 Å². The molecule has 3 N–H and O–H groups in total. The van der Waals surface area contributed by atoms with Crippen LogP contribution in [-0.2, 0) is 14.4 Å². The van der Waals surface area contributed by atoms with Gasteiger partial charge >= 0.3 is 0 Å². The van der Waals surface area contributed by atoms with Crippen LogP contribution in [0, 0.1) is 0 Å². The maximum absolute atomic E-state index is 10.5. The van der Waals surface area contributed by atoms with E-state index in [0.29, 0.717) is 0 Å². The smallest absolute Gasteiger partial charge is 0.245 e. The average molecular weight is 216 g/mol. The minimum Gasteiger partial charge on any atom is -0.368 e. The lowest BCUT2D eigenvalue weighted by Crippen LogP contribution is -2.44. The lowest BCUT2D eigenvalue weighted by molar-refractivity contribution is -0.128. The molecule has 15 heavy (non-hydrogen) atoms. The minimum absolute atomic E-state index is 0.0619. The monoisotopic (exact) mass is 216 g/mol. The lowest BCUT2D eigenvalue weighted by atomic mass is 9.95. The highest BCUT2D eigenvalue weighted by Crippen LogP contribution is 2.37. The number of nitrogens with two attached hydrogens (primary N) is 1. The van der Waals surface area contributed by atoms with E-state index in [2.05, 4.69) is 5.48 Å². The molecule has 1 aliphatic heterocycles. The van der Waals surface area contributed by atoms with Crippen LogP contribution in [0.5, 0.6) is 0 Å². The van der Waals surface area contributed by atoms with Crippen molar-refractivity contribution in [2.24, 2.45) is 5.73 Å². The molecule has 1 unspecified atom stereocenters. The topological polar surface area (TPSA) is 73.6 Å². The zero-order chi connectivity index (χ0) is 11.7. The molecule has 5 nitrogen and oxygen atoms in total. The van der Waals surface area contributed by atoms with Crippen LogP contribution in [0.3, 0.4) is 0 Å². The maximum atomic E-state index is 10.5. The third-order valence-electron chi connectivity index (χ3n) is 2.51. The summed E-state index contributed by atoms with van der Waals surface area (Å²) in [7, 11) is 0. The second-order valence-electron chi connectivity index (χ2n) is 5.09. The number of amides is 1. The SMILES string of the molecule is CC1(C)CC(NOCC(N)=O)C(C)(C)O1. The Morgan fingerprint density at radius 2 is 2.13 bits per heavy atom. The van der Waals surface area contributed by atoms with Crippen molar-refractivity contribution in [1.29, 1.82) is 0 Å². The number of hydrogen-bond donors (Lipinski definition) is 2. The van der Waals surface area contributed by atoms with Crippen LogP contribution in [0.4, 0.5) is 0 Å². The predicted molar refractivity (Wildman–Crippen MR) is 55.9 cm³/mol. The van der Waals surface area contributed by atoms with Crippen LogP contribution >= 0.6 is 0 Å². The summed E-state index contributed by atoms with van der Waals surface area (Å²) in [6.45, 7) is 7.93. The first-order valence-corrected chi connectivity index (χ1v) is 5.09. The van der Waals surface area contributed by atoms with Crippen molar-refractivity contribution in [3.05, 3.63) is 0 Å². The van der Waals surface area contributed by atoms with Gasteiger partial charge in [-0.1, -0.05) is 0 Å². The number of ether oxygens (including phenoxy) is 1. The van der Waals surface area contributed by atoms with Gasteiger partial charge in [-0.2, -0.15) is 5.48 Å². The van der Waals surface area contributed by atoms with Crippen LogP contribution in [0.25, 0.3) is 0 Å². The molecule has 5 heteroatoms. The number of primary amides is 1. The Kier molecular flexibility index (Phi) is 3.38. The Morgan fingerprint density at radius 1 is 1.53 bits per heavy atom. The minimum atomic E-state index is -0.488. The van der Waals surface area contributed by atoms with Gasteiger partial charge in [0.15, 0.2) is 0 Å². The first-order valence-electron chi connectivity index (χ1n) is 5.09. The van der Waals surface area contributed by atoms with Crippen molar-refractivity contribution < 1.29 is 14.4 Å². The zero-order valence-corrected chi connectivity index (χ0v) is 9.79. The summed E-state index contributed by atoms with van der Waals surface area (Å²) in [6, 6.07) is 0.0619. The second kappa shape index (κ2) is 4.08. The Labute approximate surface area is 90.3 Å². The van der Waals surface area contributed by atoms with E-state index in [1.54, 1.807) is 0 Å². The molecule has 1 atom stereocenters. The van der Waals surface area contributed by atoms with E-state index in [0.717, 1.165) is 6.42 Å². The molecule has 0 bridgehead atoms. The largest absolute Gasteiger partial charge is 0.368 e. The zero-order valence-electron chi connectivity index (χ0n) is 9.79. The summed E-state index contributed by atoms with van der Waals surface area (Å²) in [5.41, 5.74) is 7.32. The Hall–Kier alpha value is -0.650. The maximum Gasteiger partial charge on any atom is 0.245 e. The van der Waals surface area contributed by atoms with E-state index in [4.69, 9.17) is 15.3 Å². The van der Waals surface area contributed by atoms with Crippen molar-refractivity contribution >= 4 is 5.91 Å². The number of hydroxylamine groups is 1. The van der Waals surface area contributed by atoms with Gasteiger partial charge < -0.3 is 10.5 Å². The molecule has 1 rings (SSSR count). The molecule has 88 valence electrons. The van der Waals surface area contributed by atoms with Crippen LogP contribution in [-0.4, -0.2) is 29.8 Å². The first kappa shape index (κ1) is 12.4. The average Bonchev–Trinajstić information content (AvgIpc) is 2.18. The number of carbonyl (C=O) groups excluding carboxylic acids is 1. The van der Waals surface area contributed by atoms with E-state index >= 15 is 0 Å². The fourth-order valence-electron chi connectivity index (χ4n) is 1.96. The van der Waals surface area contributed by atoms with E-state index in [9.17, 15) is 4.79 Å². The third kappa shape index (κ3) is 3.44. The quantitative estimate of drug-likeness (QED) is 0.665. The van der Waals surface area contributed by atoms with Crippen LogP contribution in [0.2, 0.25) is 0 Å². The standard InChI is InChI=1S/C10H20N2O3/c1-9(2)5-7(10(3,4)15-9)12-14-6-8(11)13/h7,12H,5-6H2,1-4H3,(H2,11,13). The number of hydrogen-bond acceptors (Lipinski definition) is 4. The molecule has 0 spiro atoms. The van der Waals surface area contributed by atoms with Crippen LogP contribution < -0.4 is 11.2 Å². The van der Waals surface area contributed by atoms with Crippen molar-refractivity contribution in [3.63, 3.8) is 0 Å². The molecule has 1 amide bonds. The van der Waals surface area contributed by atoms with Crippen LogP contribution in [0.1, 0.15) is 34.1 Å². The molecular formula is C10H20N2O3.